The number of ether oxygens (including phenoxy) is 1. The van der Waals surface area contributed by atoms with Gasteiger partial charge >= 0.3 is 0 Å². The lowest BCUT2D eigenvalue weighted by atomic mass is 9.98. The van der Waals surface area contributed by atoms with Gasteiger partial charge in [0, 0.05) is 19.6 Å². The van der Waals surface area contributed by atoms with Crippen LogP contribution >= 0.6 is 0 Å². The third kappa shape index (κ3) is 6.06. The quantitative estimate of drug-likeness (QED) is 0.584. The lowest BCUT2D eigenvalue weighted by molar-refractivity contribution is -0.123. The van der Waals surface area contributed by atoms with Crippen LogP contribution < -0.4 is 10.1 Å². The Morgan fingerprint density at radius 3 is 2.27 bits per heavy atom. The number of benzene rings is 2. The second-order valence-electron chi connectivity index (χ2n) is 7.15. The van der Waals surface area contributed by atoms with E-state index in [1.54, 1.807) is 24.3 Å². The normalized spacial score (nSPS) is 12.6. The second-order valence-corrected chi connectivity index (χ2v) is 9.08. The van der Waals surface area contributed by atoms with Crippen LogP contribution in [0.4, 0.5) is 0 Å². The Morgan fingerprint density at radius 2 is 1.67 bits per heavy atom. The number of amides is 1. The average Bonchev–Trinajstić information content (AvgIpc) is 2.76. The highest BCUT2D eigenvalue weighted by atomic mass is 32.2. The molecule has 1 N–H and O–H groups in total. The number of para-hydroxylation sites is 1. The molecule has 0 fully saturated rings. The van der Waals surface area contributed by atoms with Gasteiger partial charge < -0.3 is 10.1 Å². The molecular weight excluding hydrogens is 400 g/mol. The van der Waals surface area contributed by atoms with Gasteiger partial charge in [0.1, 0.15) is 5.75 Å². The molecule has 0 heterocycles. The summed E-state index contributed by atoms with van der Waals surface area (Å²) in [6.45, 7) is 8.97. The van der Waals surface area contributed by atoms with Crippen molar-refractivity contribution in [2.24, 2.45) is 0 Å². The van der Waals surface area contributed by atoms with E-state index in [-0.39, 0.29) is 17.4 Å². The highest BCUT2D eigenvalue weighted by Crippen LogP contribution is 2.28. The van der Waals surface area contributed by atoms with Crippen LogP contribution in [-0.2, 0) is 21.4 Å². The van der Waals surface area contributed by atoms with Crippen molar-refractivity contribution in [1.82, 2.24) is 9.62 Å². The molecular formula is C23H32N2O4S. The fourth-order valence-electron chi connectivity index (χ4n) is 3.13. The molecule has 6 nitrogen and oxygen atoms in total. The van der Waals surface area contributed by atoms with Crippen molar-refractivity contribution in [3.8, 4) is 5.75 Å². The van der Waals surface area contributed by atoms with Crippen molar-refractivity contribution in [2.45, 2.75) is 51.5 Å². The molecule has 0 radical (unpaired) electrons. The lowest BCUT2D eigenvalue weighted by Crippen LogP contribution is -2.30. The first-order valence-corrected chi connectivity index (χ1v) is 11.8. The summed E-state index contributed by atoms with van der Waals surface area (Å²) >= 11 is 0. The molecule has 1 atom stereocenters. The van der Waals surface area contributed by atoms with E-state index in [1.807, 2.05) is 38.1 Å². The predicted octanol–water partition coefficient (Wildman–Crippen LogP) is 3.93. The first-order valence-electron chi connectivity index (χ1n) is 10.4. The number of carbonyl (C=O) groups is 1. The van der Waals surface area contributed by atoms with Crippen molar-refractivity contribution in [3.63, 3.8) is 0 Å². The summed E-state index contributed by atoms with van der Waals surface area (Å²) in [5.74, 6) is 0.858. The second kappa shape index (κ2) is 11.1. The van der Waals surface area contributed by atoms with E-state index in [1.165, 1.54) is 4.31 Å². The molecule has 0 saturated heterocycles. The number of hydrogen-bond acceptors (Lipinski definition) is 4. The first kappa shape index (κ1) is 23.9. The molecule has 1 amide bonds. The van der Waals surface area contributed by atoms with Gasteiger partial charge in [0.2, 0.25) is 10.0 Å². The van der Waals surface area contributed by atoms with Crippen LogP contribution in [0, 0.1) is 0 Å². The maximum atomic E-state index is 12.5. The topological polar surface area (TPSA) is 75.7 Å². The van der Waals surface area contributed by atoms with Gasteiger partial charge in [-0.1, -0.05) is 58.0 Å². The fourth-order valence-corrected chi connectivity index (χ4v) is 4.58. The highest BCUT2D eigenvalue weighted by molar-refractivity contribution is 7.89. The average molecular weight is 433 g/mol. The summed E-state index contributed by atoms with van der Waals surface area (Å²) in [5.41, 5.74) is 1.92. The number of rotatable bonds is 11. The van der Waals surface area contributed by atoms with Crippen LogP contribution in [0.15, 0.2) is 53.4 Å². The van der Waals surface area contributed by atoms with Gasteiger partial charge in [-0.15, -0.1) is 0 Å². The van der Waals surface area contributed by atoms with Crippen LogP contribution in [0.1, 0.15) is 51.2 Å². The maximum absolute atomic E-state index is 12.5. The van der Waals surface area contributed by atoms with Crippen LogP contribution in [-0.4, -0.2) is 38.3 Å². The number of nitrogens with zero attached hydrogens (tertiary/aromatic N) is 1. The van der Waals surface area contributed by atoms with E-state index in [0.29, 0.717) is 25.6 Å². The Balaban J connectivity index is 1.92. The minimum absolute atomic E-state index is 0.0676. The smallest absolute Gasteiger partial charge is 0.258 e. The van der Waals surface area contributed by atoms with Crippen LogP contribution in [0.25, 0.3) is 0 Å². The Kier molecular flexibility index (Phi) is 8.87. The Labute approximate surface area is 180 Å². The van der Waals surface area contributed by atoms with Gasteiger partial charge in [0.25, 0.3) is 5.91 Å². The largest absolute Gasteiger partial charge is 0.483 e. The number of nitrogens with one attached hydrogen (secondary N) is 1. The van der Waals surface area contributed by atoms with Crippen molar-refractivity contribution in [3.05, 3.63) is 59.7 Å². The Morgan fingerprint density at radius 1 is 1.03 bits per heavy atom. The molecule has 1 unspecified atom stereocenters. The summed E-state index contributed by atoms with van der Waals surface area (Å²) in [4.78, 5) is 12.5. The van der Waals surface area contributed by atoms with Gasteiger partial charge in [-0.05, 0) is 41.7 Å². The molecule has 2 aromatic rings. The zero-order valence-corrected chi connectivity index (χ0v) is 19.0. The molecule has 0 bridgehead atoms. The Hall–Kier alpha value is -2.38. The molecule has 164 valence electrons. The van der Waals surface area contributed by atoms with E-state index in [4.69, 9.17) is 4.74 Å². The fraction of sp³-hybridized carbons (Fsp3) is 0.435. The van der Waals surface area contributed by atoms with Gasteiger partial charge in [-0.3, -0.25) is 4.79 Å². The zero-order valence-electron chi connectivity index (χ0n) is 18.2. The SMILES string of the molecule is CCC(C)c1ccccc1OCC(=O)NCc1ccc(S(=O)(=O)N(CC)CC)cc1. The van der Waals surface area contributed by atoms with Crippen LogP contribution in [0.3, 0.4) is 0 Å². The van der Waals surface area contributed by atoms with Crippen molar-refractivity contribution in [2.75, 3.05) is 19.7 Å². The standard InChI is InChI=1S/C23H32N2O4S/c1-5-18(4)21-10-8-9-11-22(21)29-17-23(26)24-16-19-12-14-20(15-13-19)30(27,28)25(6-2)7-3/h8-15,18H,5-7,16-17H2,1-4H3,(H,24,26). The molecule has 0 aliphatic rings. The van der Waals surface area contributed by atoms with Gasteiger partial charge in [0.05, 0.1) is 4.90 Å². The zero-order chi connectivity index (χ0) is 22.1. The molecule has 0 aliphatic carbocycles. The van der Waals surface area contributed by atoms with E-state index in [9.17, 15) is 13.2 Å². The minimum atomic E-state index is -3.48. The molecule has 0 aromatic heterocycles. The Bertz CT molecular complexity index is 922. The van der Waals surface area contributed by atoms with Crippen molar-refractivity contribution < 1.29 is 17.9 Å². The summed E-state index contributed by atoms with van der Waals surface area (Å²) in [5, 5.41) is 2.81. The molecule has 0 saturated carbocycles. The van der Waals surface area contributed by atoms with E-state index >= 15 is 0 Å². The lowest BCUT2D eigenvalue weighted by Gasteiger charge is -2.18. The number of carbonyl (C=O) groups excluding carboxylic acids is 1. The van der Waals surface area contributed by atoms with Crippen molar-refractivity contribution in [1.29, 1.82) is 0 Å². The summed E-state index contributed by atoms with van der Waals surface area (Å²) in [6, 6.07) is 14.4. The minimum Gasteiger partial charge on any atom is -0.483 e. The molecule has 0 spiro atoms. The molecule has 30 heavy (non-hydrogen) atoms. The van der Waals surface area contributed by atoms with Crippen LogP contribution in [0.2, 0.25) is 0 Å². The first-order chi connectivity index (χ1) is 14.3. The van der Waals surface area contributed by atoms with Crippen molar-refractivity contribution >= 4 is 15.9 Å². The third-order valence-electron chi connectivity index (χ3n) is 5.18. The monoisotopic (exact) mass is 432 g/mol. The highest BCUT2D eigenvalue weighted by Gasteiger charge is 2.21. The number of sulfonamides is 1. The maximum Gasteiger partial charge on any atom is 0.258 e. The number of hydrogen-bond donors (Lipinski definition) is 1. The van der Waals surface area contributed by atoms with Gasteiger partial charge in [-0.25, -0.2) is 8.42 Å². The molecule has 0 aliphatic heterocycles. The summed E-state index contributed by atoms with van der Waals surface area (Å²) in [6.07, 6.45) is 0.993. The summed E-state index contributed by atoms with van der Waals surface area (Å²) < 4.78 is 32.2. The van der Waals surface area contributed by atoms with E-state index < -0.39 is 10.0 Å². The van der Waals surface area contributed by atoms with E-state index in [2.05, 4.69) is 19.2 Å². The molecule has 2 aromatic carbocycles. The molecule has 2 rings (SSSR count). The molecule has 7 heteroatoms. The van der Waals surface area contributed by atoms with Crippen LogP contribution in [0.5, 0.6) is 5.75 Å². The predicted molar refractivity (Wildman–Crippen MR) is 119 cm³/mol. The van der Waals surface area contributed by atoms with Gasteiger partial charge in [0.15, 0.2) is 6.61 Å². The third-order valence-corrected chi connectivity index (χ3v) is 7.24. The van der Waals surface area contributed by atoms with Gasteiger partial charge in [-0.2, -0.15) is 4.31 Å². The summed E-state index contributed by atoms with van der Waals surface area (Å²) in [7, 11) is -3.48. The van der Waals surface area contributed by atoms with E-state index in [0.717, 1.165) is 23.3 Å².